The Hall–Kier alpha value is -5.74. The molecule has 4 nitrogen and oxygen atoms in total. The summed E-state index contributed by atoms with van der Waals surface area (Å²) in [5.41, 5.74) is 9.53. The number of nitrogens with zero attached hydrogens (tertiary/aromatic N) is 2. The van der Waals surface area contributed by atoms with Crippen molar-refractivity contribution in [1.29, 1.82) is 0 Å². The van der Waals surface area contributed by atoms with Crippen LogP contribution in [0.25, 0.3) is 49.7 Å². The molecule has 0 bridgehead atoms. The summed E-state index contributed by atoms with van der Waals surface area (Å²) in [6.45, 7) is 2.09. The smallest absolute Gasteiger partial charge is 0.268 e. The van der Waals surface area contributed by atoms with Crippen LogP contribution in [0.15, 0.2) is 140 Å². The van der Waals surface area contributed by atoms with Gasteiger partial charge in [0.2, 0.25) is 0 Å². The van der Waals surface area contributed by atoms with Gasteiger partial charge in [0.05, 0.1) is 33.5 Å². The molecule has 0 fully saturated rings. The lowest BCUT2D eigenvalue weighted by molar-refractivity contribution is 0.0926. The maximum atomic E-state index is 14.2. The molecule has 8 rings (SSSR count). The van der Waals surface area contributed by atoms with Crippen LogP contribution in [0.2, 0.25) is 0 Å². The largest absolute Gasteiger partial charge is 0.308 e. The molecule has 0 radical (unpaired) electrons. The van der Waals surface area contributed by atoms with Gasteiger partial charge < -0.3 is 4.57 Å². The van der Waals surface area contributed by atoms with Crippen LogP contribution in [0, 0.1) is 6.92 Å². The fraction of sp³-hybridized carbons (Fsp3) is 0.0256. The Morgan fingerprint density at radius 2 is 1.14 bits per heavy atom. The minimum atomic E-state index is -0.317. The fourth-order valence-corrected chi connectivity index (χ4v) is 6.30. The molecule has 2 heterocycles. The molecule has 0 saturated heterocycles. The molecule has 1 aromatic heterocycles. The molecule has 204 valence electrons. The first-order valence-electron chi connectivity index (χ1n) is 14.4. The number of aromatic nitrogens is 1. The number of hydrogen-bond donors (Lipinski definition) is 0. The highest BCUT2D eigenvalue weighted by molar-refractivity contribution is 6.36. The van der Waals surface area contributed by atoms with E-state index in [9.17, 15) is 9.59 Å². The van der Waals surface area contributed by atoms with Gasteiger partial charge in [-0.15, -0.1) is 0 Å². The molecule has 0 atom stereocenters. The van der Waals surface area contributed by atoms with Crippen LogP contribution in [0.4, 0.5) is 5.69 Å². The molecule has 1 aliphatic heterocycles. The highest BCUT2D eigenvalue weighted by Gasteiger charge is 2.39. The summed E-state index contributed by atoms with van der Waals surface area (Å²) in [4.78, 5) is 29.3. The van der Waals surface area contributed by atoms with Crippen LogP contribution < -0.4 is 4.90 Å². The molecule has 0 N–H and O–H groups in total. The second-order valence-corrected chi connectivity index (χ2v) is 11.0. The van der Waals surface area contributed by atoms with Gasteiger partial charge in [-0.2, -0.15) is 0 Å². The van der Waals surface area contributed by atoms with Crippen LogP contribution in [0.3, 0.4) is 0 Å². The topological polar surface area (TPSA) is 42.3 Å². The van der Waals surface area contributed by atoms with E-state index >= 15 is 0 Å². The third kappa shape index (κ3) is 3.92. The van der Waals surface area contributed by atoms with Gasteiger partial charge in [-0.25, -0.2) is 4.90 Å². The zero-order valence-corrected chi connectivity index (χ0v) is 23.5. The zero-order chi connectivity index (χ0) is 29.1. The molecule has 0 spiro atoms. The third-order valence-electron chi connectivity index (χ3n) is 8.40. The third-order valence-corrected chi connectivity index (χ3v) is 8.40. The van der Waals surface area contributed by atoms with E-state index < -0.39 is 0 Å². The van der Waals surface area contributed by atoms with Crippen LogP contribution in [0.1, 0.15) is 26.3 Å². The minimum absolute atomic E-state index is 0.311. The predicted molar refractivity (Wildman–Crippen MR) is 174 cm³/mol. The predicted octanol–water partition coefficient (Wildman–Crippen LogP) is 9.23. The molecule has 1 aliphatic rings. The molecule has 0 unspecified atom stereocenters. The number of imide groups is 1. The van der Waals surface area contributed by atoms with E-state index in [1.807, 2.05) is 78.9 Å². The fourth-order valence-electron chi connectivity index (χ4n) is 6.30. The number of carbonyl (C=O) groups is 2. The molecule has 7 aromatic rings. The summed E-state index contributed by atoms with van der Waals surface area (Å²) in [6.07, 6.45) is 0. The van der Waals surface area contributed by atoms with Gasteiger partial charge in [0.1, 0.15) is 0 Å². The Balaban J connectivity index is 1.29. The Kier molecular flexibility index (Phi) is 5.63. The van der Waals surface area contributed by atoms with Gasteiger partial charge in [-0.1, -0.05) is 103 Å². The summed E-state index contributed by atoms with van der Waals surface area (Å²) < 4.78 is 2.12. The van der Waals surface area contributed by atoms with E-state index in [4.69, 9.17) is 0 Å². The molecule has 2 amide bonds. The first-order valence-corrected chi connectivity index (χ1v) is 14.4. The van der Waals surface area contributed by atoms with Crippen LogP contribution >= 0.6 is 0 Å². The molecule has 0 aliphatic carbocycles. The van der Waals surface area contributed by atoms with Crippen molar-refractivity contribution in [3.63, 3.8) is 0 Å². The second kappa shape index (κ2) is 9.68. The van der Waals surface area contributed by atoms with E-state index in [1.165, 1.54) is 10.5 Å². The monoisotopic (exact) mass is 554 g/mol. The van der Waals surface area contributed by atoms with Gasteiger partial charge >= 0.3 is 0 Å². The standard InChI is InChI=1S/C39H26N2O2/c1-25-17-19-27(20-18-25)29-21-22-35-33(24-29)31-13-5-6-15-34(31)41(35)36-16-8-14-32-37(36)39(43)40(38(32)42)30-12-7-11-28(23-30)26-9-3-2-4-10-26/h2-24H,1H3. The minimum Gasteiger partial charge on any atom is -0.308 e. The van der Waals surface area contributed by atoms with Crippen LogP contribution in [0.5, 0.6) is 0 Å². The quantitative estimate of drug-likeness (QED) is 0.204. The van der Waals surface area contributed by atoms with Crippen LogP contribution in [-0.2, 0) is 0 Å². The number of anilines is 1. The first-order chi connectivity index (χ1) is 21.1. The van der Waals surface area contributed by atoms with E-state index in [0.717, 1.165) is 44.1 Å². The van der Waals surface area contributed by atoms with Crippen LogP contribution in [-0.4, -0.2) is 16.4 Å². The van der Waals surface area contributed by atoms with Gasteiger partial charge in [-0.3, -0.25) is 9.59 Å². The lowest BCUT2D eigenvalue weighted by Gasteiger charge is -2.16. The van der Waals surface area contributed by atoms with Crippen molar-refractivity contribution in [3.8, 4) is 27.9 Å². The normalized spacial score (nSPS) is 12.8. The van der Waals surface area contributed by atoms with Gasteiger partial charge in [-0.05, 0) is 71.6 Å². The Bertz CT molecular complexity index is 2230. The number of benzene rings is 6. The SMILES string of the molecule is Cc1ccc(-c2ccc3c(c2)c2ccccc2n3-c2cccc3c2C(=O)N(c2cccc(-c4ccccc4)c2)C3=O)cc1. The number of amides is 2. The Morgan fingerprint density at radius 3 is 1.98 bits per heavy atom. The highest BCUT2D eigenvalue weighted by atomic mass is 16.2. The van der Waals surface area contributed by atoms with Crippen molar-refractivity contribution in [2.45, 2.75) is 6.92 Å². The van der Waals surface area contributed by atoms with Crippen molar-refractivity contribution in [3.05, 3.63) is 156 Å². The first kappa shape index (κ1) is 25.0. The Labute approximate surface area is 249 Å². The average molecular weight is 555 g/mol. The van der Waals surface area contributed by atoms with Gasteiger partial charge in [0, 0.05) is 10.8 Å². The lowest BCUT2D eigenvalue weighted by atomic mass is 10.0. The zero-order valence-electron chi connectivity index (χ0n) is 23.5. The molecular formula is C39H26N2O2. The maximum absolute atomic E-state index is 14.2. The van der Waals surface area contributed by atoms with E-state index in [-0.39, 0.29) is 11.8 Å². The summed E-state index contributed by atoms with van der Waals surface area (Å²) in [5.74, 6) is -0.627. The van der Waals surface area contributed by atoms with Crippen molar-refractivity contribution in [2.24, 2.45) is 0 Å². The van der Waals surface area contributed by atoms with Crippen molar-refractivity contribution in [1.82, 2.24) is 4.57 Å². The molecule has 43 heavy (non-hydrogen) atoms. The summed E-state index contributed by atoms with van der Waals surface area (Å²) in [5, 5.41) is 2.18. The summed E-state index contributed by atoms with van der Waals surface area (Å²) in [7, 11) is 0. The van der Waals surface area contributed by atoms with E-state index in [2.05, 4.69) is 66.1 Å². The molecule has 4 heteroatoms. The van der Waals surface area contributed by atoms with Gasteiger partial charge in [0.25, 0.3) is 11.8 Å². The van der Waals surface area contributed by atoms with Gasteiger partial charge in [0.15, 0.2) is 0 Å². The molecule has 0 saturated carbocycles. The Morgan fingerprint density at radius 1 is 0.488 bits per heavy atom. The molecular weight excluding hydrogens is 528 g/mol. The highest BCUT2D eigenvalue weighted by Crippen LogP contribution is 2.39. The number of fused-ring (bicyclic) bond motifs is 4. The van der Waals surface area contributed by atoms with Crippen molar-refractivity contribution in [2.75, 3.05) is 4.90 Å². The number of hydrogen-bond acceptors (Lipinski definition) is 2. The van der Waals surface area contributed by atoms with E-state index in [0.29, 0.717) is 22.5 Å². The summed E-state index contributed by atoms with van der Waals surface area (Å²) in [6, 6.07) is 46.4. The molecule has 6 aromatic carbocycles. The number of aryl methyl sites for hydroxylation is 1. The lowest BCUT2D eigenvalue weighted by Crippen LogP contribution is -2.29. The summed E-state index contributed by atoms with van der Waals surface area (Å²) >= 11 is 0. The van der Waals surface area contributed by atoms with Crippen molar-refractivity contribution >= 4 is 39.3 Å². The number of carbonyl (C=O) groups excluding carboxylic acids is 2. The maximum Gasteiger partial charge on any atom is 0.268 e. The van der Waals surface area contributed by atoms with Crippen molar-refractivity contribution < 1.29 is 9.59 Å². The van der Waals surface area contributed by atoms with E-state index in [1.54, 1.807) is 6.07 Å². The number of rotatable bonds is 4. The second-order valence-electron chi connectivity index (χ2n) is 11.0. The number of para-hydroxylation sites is 1. The average Bonchev–Trinajstić information content (AvgIpc) is 3.52.